The van der Waals surface area contributed by atoms with Crippen LogP contribution in [0.25, 0.3) is 0 Å². The molecule has 2 saturated heterocycles. The first-order chi connectivity index (χ1) is 7.85. The van der Waals surface area contributed by atoms with Gasteiger partial charge in [0, 0.05) is 13.1 Å². The van der Waals surface area contributed by atoms with E-state index in [0.29, 0.717) is 5.41 Å². The number of hydrogen-bond acceptors (Lipinski definition) is 2. The van der Waals surface area contributed by atoms with Gasteiger partial charge < -0.3 is 10.2 Å². The highest BCUT2D eigenvalue weighted by Gasteiger charge is 2.35. The molecular weight excluding hydrogens is 196 g/mol. The third-order valence-corrected chi connectivity index (χ3v) is 4.18. The summed E-state index contributed by atoms with van der Waals surface area (Å²) in [5.74, 6) is 0. The van der Waals surface area contributed by atoms with Crippen molar-refractivity contribution in [2.45, 2.75) is 38.5 Å². The second-order valence-corrected chi connectivity index (χ2v) is 5.59. The van der Waals surface area contributed by atoms with Gasteiger partial charge in [0.15, 0.2) is 0 Å². The summed E-state index contributed by atoms with van der Waals surface area (Å²) >= 11 is 0. The number of hydrogen-bond donors (Lipinski definition) is 1. The van der Waals surface area contributed by atoms with E-state index in [0.717, 1.165) is 0 Å². The molecule has 1 spiro atoms. The average Bonchev–Trinajstić information content (AvgIpc) is 2.31. The molecule has 0 aromatic heterocycles. The Labute approximate surface area is 100 Å². The van der Waals surface area contributed by atoms with Gasteiger partial charge >= 0.3 is 0 Å². The summed E-state index contributed by atoms with van der Waals surface area (Å²) in [6.45, 7) is 10.2. The standard InChI is InChI=1S/C14H26N2/c1-2-3-4-10-16-11-6-8-14(13-16)7-5-9-15-12-14/h2,15H,1,3-13H2. The topological polar surface area (TPSA) is 15.3 Å². The minimum Gasteiger partial charge on any atom is -0.316 e. The molecule has 2 aliphatic heterocycles. The van der Waals surface area contributed by atoms with E-state index in [2.05, 4.69) is 16.8 Å². The fourth-order valence-corrected chi connectivity index (χ4v) is 3.34. The molecule has 16 heavy (non-hydrogen) atoms. The Bertz CT molecular complexity index is 213. The predicted octanol–water partition coefficient (Wildman–Crippen LogP) is 2.42. The van der Waals surface area contributed by atoms with Crippen molar-refractivity contribution in [3.63, 3.8) is 0 Å². The van der Waals surface area contributed by atoms with Gasteiger partial charge in [0.1, 0.15) is 0 Å². The Kier molecular flexibility index (Phi) is 4.42. The van der Waals surface area contributed by atoms with E-state index < -0.39 is 0 Å². The van der Waals surface area contributed by atoms with Gasteiger partial charge in [-0.05, 0) is 63.6 Å². The van der Waals surface area contributed by atoms with Gasteiger partial charge in [-0.1, -0.05) is 6.08 Å². The molecule has 0 aromatic carbocycles. The van der Waals surface area contributed by atoms with Gasteiger partial charge in [0.2, 0.25) is 0 Å². The van der Waals surface area contributed by atoms with Crippen LogP contribution >= 0.6 is 0 Å². The second kappa shape index (κ2) is 5.83. The zero-order valence-electron chi connectivity index (χ0n) is 10.5. The fourth-order valence-electron chi connectivity index (χ4n) is 3.34. The molecule has 92 valence electrons. The van der Waals surface area contributed by atoms with Crippen molar-refractivity contribution < 1.29 is 0 Å². The van der Waals surface area contributed by atoms with Crippen LogP contribution in [-0.2, 0) is 0 Å². The van der Waals surface area contributed by atoms with E-state index in [1.807, 2.05) is 6.08 Å². The van der Waals surface area contributed by atoms with Crippen molar-refractivity contribution in [3.05, 3.63) is 12.7 Å². The molecule has 0 amide bonds. The lowest BCUT2D eigenvalue weighted by molar-refractivity contribution is 0.0642. The van der Waals surface area contributed by atoms with Crippen LogP contribution in [0.5, 0.6) is 0 Å². The normalized spacial score (nSPS) is 31.8. The van der Waals surface area contributed by atoms with Gasteiger partial charge in [-0.2, -0.15) is 0 Å². The first-order valence-corrected chi connectivity index (χ1v) is 6.89. The molecule has 2 nitrogen and oxygen atoms in total. The lowest BCUT2D eigenvalue weighted by atomic mass is 9.74. The molecule has 0 bridgehead atoms. The number of likely N-dealkylation sites (tertiary alicyclic amines) is 1. The molecule has 0 aromatic rings. The van der Waals surface area contributed by atoms with Gasteiger partial charge in [-0.25, -0.2) is 0 Å². The van der Waals surface area contributed by atoms with Crippen LogP contribution in [0, 0.1) is 5.41 Å². The van der Waals surface area contributed by atoms with Gasteiger partial charge in [0.05, 0.1) is 0 Å². The molecule has 2 aliphatic rings. The molecule has 0 saturated carbocycles. The zero-order valence-corrected chi connectivity index (χ0v) is 10.5. The van der Waals surface area contributed by atoms with Crippen LogP contribution in [0.4, 0.5) is 0 Å². The van der Waals surface area contributed by atoms with Gasteiger partial charge in [-0.15, -0.1) is 6.58 Å². The molecule has 2 fully saturated rings. The number of nitrogens with one attached hydrogen (secondary N) is 1. The van der Waals surface area contributed by atoms with E-state index >= 15 is 0 Å². The van der Waals surface area contributed by atoms with Crippen LogP contribution in [0.2, 0.25) is 0 Å². The van der Waals surface area contributed by atoms with E-state index in [-0.39, 0.29) is 0 Å². The summed E-state index contributed by atoms with van der Waals surface area (Å²) in [5, 5.41) is 3.59. The lowest BCUT2D eigenvalue weighted by Gasteiger charge is -2.45. The number of rotatable bonds is 4. The largest absolute Gasteiger partial charge is 0.316 e. The Balaban J connectivity index is 1.80. The van der Waals surface area contributed by atoms with E-state index in [4.69, 9.17) is 0 Å². The maximum absolute atomic E-state index is 3.80. The molecule has 0 radical (unpaired) electrons. The number of allylic oxidation sites excluding steroid dienone is 1. The van der Waals surface area contributed by atoms with Crippen LogP contribution in [0.1, 0.15) is 38.5 Å². The Morgan fingerprint density at radius 1 is 1.31 bits per heavy atom. The highest BCUT2D eigenvalue weighted by molar-refractivity contribution is 4.91. The minimum atomic E-state index is 0.616. The Hall–Kier alpha value is -0.340. The van der Waals surface area contributed by atoms with Crippen molar-refractivity contribution in [2.24, 2.45) is 5.41 Å². The summed E-state index contributed by atoms with van der Waals surface area (Å²) < 4.78 is 0. The van der Waals surface area contributed by atoms with E-state index in [1.165, 1.54) is 71.2 Å². The molecule has 0 aliphatic carbocycles. The first kappa shape index (κ1) is 12.1. The van der Waals surface area contributed by atoms with Crippen molar-refractivity contribution in [1.29, 1.82) is 0 Å². The van der Waals surface area contributed by atoms with Crippen molar-refractivity contribution >= 4 is 0 Å². The van der Waals surface area contributed by atoms with Crippen molar-refractivity contribution in [3.8, 4) is 0 Å². The molecule has 1 unspecified atom stereocenters. The number of piperidine rings is 2. The SMILES string of the molecule is C=CCCCN1CCCC2(CCCNC2)C1. The Morgan fingerprint density at radius 2 is 2.19 bits per heavy atom. The summed E-state index contributed by atoms with van der Waals surface area (Å²) in [4.78, 5) is 2.68. The summed E-state index contributed by atoms with van der Waals surface area (Å²) in [6, 6.07) is 0. The molecule has 2 heteroatoms. The third-order valence-electron chi connectivity index (χ3n) is 4.18. The maximum Gasteiger partial charge on any atom is 0.00502 e. The second-order valence-electron chi connectivity index (χ2n) is 5.59. The predicted molar refractivity (Wildman–Crippen MR) is 69.6 cm³/mol. The summed E-state index contributed by atoms with van der Waals surface area (Å²) in [5.41, 5.74) is 0.616. The van der Waals surface area contributed by atoms with Crippen LogP contribution in [0.15, 0.2) is 12.7 Å². The van der Waals surface area contributed by atoms with Gasteiger partial charge in [-0.3, -0.25) is 0 Å². The van der Waals surface area contributed by atoms with Crippen molar-refractivity contribution in [2.75, 3.05) is 32.7 Å². The highest BCUT2D eigenvalue weighted by atomic mass is 15.1. The van der Waals surface area contributed by atoms with Crippen LogP contribution in [-0.4, -0.2) is 37.6 Å². The molecule has 1 N–H and O–H groups in total. The maximum atomic E-state index is 3.80. The highest BCUT2D eigenvalue weighted by Crippen LogP contribution is 2.35. The first-order valence-electron chi connectivity index (χ1n) is 6.89. The number of unbranched alkanes of at least 4 members (excludes halogenated alkanes) is 1. The Morgan fingerprint density at radius 3 is 2.94 bits per heavy atom. The smallest absolute Gasteiger partial charge is 0.00502 e. The zero-order chi connectivity index (χ0) is 11.3. The van der Waals surface area contributed by atoms with E-state index in [1.54, 1.807) is 0 Å². The summed E-state index contributed by atoms with van der Waals surface area (Å²) in [7, 11) is 0. The lowest BCUT2D eigenvalue weighted by Crippen LogP contribution is -2.51. The molecule has 2 heterocycles. The minimum absolute atomic E-state index is 0.616. The van der Waals surface area contributed by atoms with Crippen molar-refractivity contribution in [1.82, 2.24) is 10.2 Å². The fraction of sp³-hybridized carbons (Fsp3) is 0.857. The third kappa shape index (κ3) is 3.08. The molecular formula is C14H26N2. The monoisotopic (exact) mass is 222 g/mol. The molecule has 1 atom stereocenters. The van der Waals surface area contributed by atoms with E-state index in [9.17, 15) is 0 Å². The average molecular weight is 222 g/mol. The molecule has 2 rings (SSSR count). The quantitative estimate of drug-likeness (QED) is 0.580. The van der Waals surface area contributed by atoms with Crippen LogP contribution in [0.3, 0.4) is 0 Å². The number of nitrogens with zero attached hydrogens (tertiary/aromatic N) is 1. The summed E-state index contributed by atoms with van der Waals surface area (Å²) in [6.07, 6.45) is 10.2. The van der Waals surface area contributed by atoms with Crippen LogP contribution < -0.4 is 5.32 Å². The van der Waals surface area contributed by atoms with Gasteiger partial charge in [0.25, 0.3) is 0 Å².